The van der Waals surface area contributed by atoms with Crippen LogP contribution in [0.3, 0.4) is 0 Å². The molecule has 0 spiro atoms. The molecule has 2 heterocycles. The normalized spacial score (nSPS) is 14.2. The monoisotopic (exact) mass is 473 g/mol. The molecule has 0 saturated heterocycles. The van der Waals surface area contributed by atoms with Gasteiger partial charge in [-0.05, 0) is 24.3 Å². The standard InChI is InChI=1S/C18H12Cl2F3N5O3/c1-30-16-10(4-13(20)26-27-16)7-28-8-25-15(18(21,22)23)14(17(28)29)31-12-3-9(6-24)2-11(19)5-12/h2-5,25H,7-8H2,1H3. The van der Waals surface area contributed by atoms with Gasteiger partial charge in [-0.1, -0.05) is 23.2 Å². The number of allylic oxidation sites excluding steroid dienone is 1. The maximum absolute atomic E-state index is 13.5. The number of carbonyl (C=O) groups is 1. The maximum atomic E-state index is 13.5. The summed E-state index contributed by atoms with van der Waals surface area (Å²) in [5.74, 6) is -2.21. The first-order valence-electron chi connectivity index (χ1n) is 8.41. The number of amides is 1. The van der Waals surface area contributed by atoms with E-state index in [2.05, 4.69) is 15.5 Å². The van der Waals surface area contributed by atoms with E-state index in [1.165, 1.54) is 25.3 Å². The van der Waals surface area contributed by atoms with Crippen LogP contribution in [0.5, 0.6) is 11.6 Å². The lowest BCUT2D eigenvalue weighted by molar-refractivity contribution is -0.137. The highest BCUT2D eigenvalue weighted by Crippen LogP contribution is 2.32. The van der Waals surface area contributed by atoms with E-state index in [1.54, 1.807) is 6.07 Å². The van der Waals surface area contributed by atoms with Crippen molar-refractivity contribution in [3.8, 4) is 17.7 Å². The number of hydrogen-bond acceptors (Lipinski definition) is 7. The Balaban J connectivity index is 1.97. The first kappa shape index (κ1) is 22.5. The van der Waals surface area contributed by atoms with Crippen molar-refractivity contribution in [1.82, 2.24) is 20.4 Å². The first-order valence-corrected chi connectivity index (χ1v) is 9.17. The number of halogens is 5. The quantitative estimate of drug-likeness (QED) is 0.709. The lowest BCUT2D eigenvalue weighted by Gasteiger charge is -2.32. The molecular formula is C18H12Cl2F3N5O3. The largest absolute Gasteiger partial charge is 0.480 e. The molecule has 0 aliphatic carbocycles. The predicted molar refractivity (Wildman–Crippen MR) is 102 cm³/mol. The Labute approximate surface area is 183 Å². The van der Waals surface area contributed by atoms with Crippen molar-refractivity contribution in [2.24, 2.45) is 0 Å². The number of rotatable bonds is 5. The number of alkyl halides is 3. The number of ether oxygens (including phenoxy) is 2. The van der Waals surface area contributed by atoms with Crippen LogP contribution in [0.2, 0.25) is 10.2 Å². The number of methoxy groups -OCH3 is 1. The second kappa shape index (κ2) is 8.87. The van der Waals surface area contributed by atoms with Crippen molar-refractivity contribution in [3.05, 3.63) is 57.0 Å². The van der Waals surface area contributed by atoms with Crippen molar-refractivity contribution in [2.75, 3.05) is 13.8 Å². The smallest absolute Gasteiger partial charge is 0.434 e. The lowest BCUT2D eigenvalue weighted by Crippen LogP contribution is -2.49. The van der Waals surface area contributed by atoms with Crippen molar-refractivity contribution in [1.29, 1.82) is 5.26 Å². The second-order valence-corrected chi connectivity index (χ2v) is 6.95. The van der Waals surface area contributed by atoms with E-state index in [0.717, 1.165) is 11.0 Å². The molecule has 1 N–H and O–H groups in total. The van der Waals surface area contributed by atoms with Crippen LogP contribution < -0.4 is 14.8 Å². The number of nitrogens with zero attached hydrogens (tertiary/aromatic N) is 4. The summed E-state index contributed by atoms with van der Waals surface area (Å²) in [5.41, 5.74) is -0.987. The maximum Gasteiger partial charge on any atom is 0.434 e. The molecule has 13 heteroatoms. The van der Waals surface area contributed by atoms with Crippen LogP contribution in [-0.4, -0.2) is 41.0 Å². The zero-order chi connectivity index (χ0) is 22.8. The minimum absolute atomic E-state index is 0.0131. The Kier molecular flexibility index (Phi) is 6.42. The highest BCUT2D eigenvalue weighted by Gasteiger charge is 2.44. The number of hydrogen-bond donors (Lipinski definition) is 1. The van der Waals surface area contributed by atoms with Gasteiger partial charge < -0.3 is 19.7 Å². The van der Waals surface area contributed by atoms with Gasteiger partial charge in [0.25, 0.3) is 5.91 Å². The Morgan fingerprint density at radius 2 is 2.00 bits per heavy atom. The van der Waals surface area contributed by atoms with E-state index < -0.39 is 30.2 Å². The molecule has 8 nitrogen and oxygen atoms in total. The Bertz CT molecular complexity index is 1100. The van der Waals surface area contributed by atoms with Gasteiger partial charge in [0.1, 0.15) is 5.75 Å². The summed E-state index contributed by atoms with van der Waals surface area (Å²) in [7, 11) is 1.32. The molecule has 3 rings (SSSR count). The van der Waals surface area contributed by atoms with Crippen LogP contribution in [0.1, 0.15) is 11.1 Å². The van der Waals surface area contributed by atoms with E-state index in [0.29, 0.717) is 5.56 Å². The fourth-order valence-corrected chi connectivity index (χ4v) is 3.11. The van der Waals surface area contributed by atoms with Gasteiger partial charge in [-0.25, -0.2) is 0 Å². The lowest BCUT2D eigenvalue weighted by atomic mass is 10.2. The summed E-state index contributed by atoms with van der Waals surface area (Å²) in [6, 6.07) is 6.83. The van der Waals surface area contributed by atoms with Gasteiger partial charge >= 0.3 is 6.18 Å². The number of carbonyl (C=O) groups excluding carboxylic acids is 1. The van der Waals surface area contributed by atoms with Crippen molar-refractivity contribution in [3.63, 3.8) is 0 Å². The van der Waals surface area contributed by atoms with Gasteiger partial charge in [-0.2, -0.15) is 18.4 Å². The van der Waals surface area contributed by atoms with E-state index in [4.69, 9.17) is 37.9 Å². The summed E-state index contributed by atoms with van der Waals surface area (Å²) in [6.07, 6.45) is -4.90. The average molecular weight is 474 g/mol. The Hall–Kier alpha value is -3.23. The highest BCUT2D eigenvalue weighted by molar-refractivity contribution is 6.30. The third-order valence-electron chi connectivity index (χ3n) is 4.02. The molecule has 0 radical (unpaired) electrons. The van der Waals surface area contributed by atoms with Crippen LogP contribution in [-0.2, 0) is 11.3 Å². The molecule has 1 aliphatic rings. The molecule has 2 aromatic rings. The van der Waals surface area contributed by atoms with Crippen LogP contribution in [0.4, 0.5) is 13.2 Å². The predicted octanol–water partition coefficient (Wildman–Crippen LogP) is 3.41. The molecule has 1 aliphatic heterocycles. The molecular weight excluding hydrogens is 462 g/mol. The number of nitriles is 1. The van der Waals surface area contributed by atoms with Crippen LogP contribution >= 0.6 is 23.2 Å². The summed E-state index contributed by atoms with van der Waals surface area (Å²) in [4.78, 5) is 13.9. The minimum Gasteiger partial charge on any atom is -0.480 e. The van der Waals surface area contributed by atoms with E-state index in [9.17, 15) is 18.0 Å². The zero-order valence-corrected chi connectivity index (χ0v) is 17.1. The number of aromatic nitrogens is 2. The van der Waals surface area contributed by atoms with Gasteiger partial charge in [0.15, 0.2) is 10.9 Å². The molecule has 1 aromatic heterocycles. The SMILES string of the molecule is COc1nnc(Cl)cc1CN1CNC(C(F)(F)F)=C(Oc2cc(Cl)cc(C#N)c2)C1=O. The third kappa shape index (κ3) is 5.10. The molecule has 0 atom stereocenters. The molecule has 162 valence electrons. The van der Waals surface area contributed by atoms with Crippen molar-refractivity contribution in [2.45, 2.75) is 12.7 Å². The summed E-state index contributed by atoms with van der Waals surface area (Å²) < 4.78 is 50.9. The van der Waals surface area contributed by atoms with Crippen LogP contribution in [0, 0.1) is 11.3 Å². The average Bonchev–Trinajstić information content (AvgIpc) is 2.69. The van der Waals surface area contributed by atoms with E-state index >= 15 is 0 Å². The number of nitrogens with one attached hydrogen (secondary N) is 1. The van der Waals surface area contributed by atoms with Crippen molar-refractivity contribution < 1.29 is 27.4 Å². The first-order chi connectivity index (χ1) is 14.6. The summed E-state index contributed by atoms with van der Waals surface area (Å²) >= 11 is 11.7. The van der Waals surface area contributed by atoms with Gasteiger partial charge in [0, 0.05) is 10.6 Å². The fourth-order valence-electron chi connectivity index (χ4n) is 2.72. The molecule has 1 amide bonds. The minimum atomic E-state index is -4.90. The topological polar surface area (TPSA) is 100 Å². The van der Waals surface area contributed by atoms with E-state index in [-0.39, 0.29) is 33.9 Å². The Morgan fingerprint density at radius 1 is 1.26 bits per heavy atom. The third-order valence-corrected chi connectivity index (χ3v) is 4.42. The second-order valence-electron chi connectivity index (χ2n) is 6.13. The van der Waals surface area contributed by atoms with Gasteiger partial charge in [0.05, 0.1) is 32.0 Å². The van der Waals surface area contributed by atoms with Crippen molar-refractivity contribution >= 4 is 29.1 Å². The molecule has 31 heavy (non-hydrogen) atoms. The number of benzene rings is 1. The molecule has 1 aromatic carbocycles. The zero-order valence-electron chi connectivity index (χ0n) is 15.6. The molecule has 0 fully saturated rings. The summed E-state index contributed by atoms with van der Waals surface area (Å²) in [6.45, 7) is -0.663. The van der Waals surface area contributed by atoms with Crippen LogP contribution in [0.25, 0.3) is 0 Å². The Morgan fingerprint density at radius 3 is 2.65 bits per heavy atom. The highest BCUT2D eigenvalue weighted by atomic mass is 35.5. The fraction of sp³-hybridized carbons (Fsp3) is 0.222. The van der Waals surface area contributed by atoms with Gasteiger partial charge in [0.2, 0.25) is 11.6 Å². The molecule has 0 bridgehead atoms. The van der Waals surface area contributed by atoms with Gasteiger partial charge in [-0.15, -0.1) is 10.2 Å². The summed E-state index contributed by atoms with van der Waals surface area (Å²) in [5, 5.41) is 18.6. The van der Waals surface area contributed by atoms with Gasteiger partial charge in [-0.3, -0.25) is 4.79 Å². The van der Waals surface area contributed by atoms with E-state index in [1.807, 2.05) is 0 Å². The molecule has 0 saturated carbocycles. The molecule has 0 unspecified atom stereocenters. The van der Waals surface area contributed by atoms with Crippen LogP contribution in [0.15, 0.2) is 35.7 Å².